The average molecular weight is 336 g/mol. The minimum Gasteiger partial charge on any atom is -0.399 e. The fourth-order valence-electron chi connectivity index (χ4n) is 3.23. The van der Waals surface area contributed by atoms with Gasteiger partial charge in [0.1, 0.15) is 0 Å². The number of benzene rings is 1. The van der Waals surface area contributed by atoms with E-state index >= 15 is 0 Å². The molecule has 2 aliphatic rings. The minimum atomic E-state index is -0.399. The zero-order valence-electron chi connectivity index (χ0n) is 14.6. The molecule has 1 saturated carbocycles. The van der Waals surface area contributed by atoms with E-state index in [9.17, 15) is 0 Å². The van der Waals surface area contributed by atoms with Gasteiger partial charge in [-0.15, -0.1) is 0 Å². The Hall–Kier alpha value is -0.545. The summed E-state index contributed by atoms with van der Waals surface area (Å²) < 4.78 is 12.2. The van der Waals surface area contributed by atoms with Crippen molar-refractivity contribution in [3.8, 4) is 0 Å². The van der Waals surface area contributed by atoms with Crippen molar-refractivity contribution in [3.05, 3.63) is 28.8 Å². The van der Waals surface area contributed by atoms with Gasteiger partial charge in [0.25, 0.3) is 0 Å². The van der Waals surface area contributed by atoms with Crippen LogP contribution in [0, 0.1) is 0 Å². The van der Waals surface area contributed by atoms with E-state index in [0.717, 1.165) is 12.0 Å². The highest BCUT2D eigenvalue weighted by Crippen LogP contribution is 2.37. The summed E-state index contributed by atoms with van der Waals surface area (Å²) in [4.78, 5) is 0. The standard InChI is InChI=1S/C18H27BClNO2/c1-17(2)18(3,4)23-19(22-17)15-10-9-13(11-16(15)20)12-21-14-7-5-6-8-14/h9-11,14,21H,5-8,12H2,1-4H3. The van der Waals surface area contributed by atoms with Crippen LogP contribution in [0.2, 0.25) is 5.02 Å². The molecule has 0 bridgehead atoms. The van der Waals surface area contributed by atoms with Gasteiger partial charge in [-0.25, -0.2) is 0 Å². The Balaban J connectivity index is 1.68. The van der Waals surface area contributed by atoms with Crippen LogP contribution in [0.15, 0.2) is 18.2 Å². The second-order valence-electron chi connectivity index (χ2n) is 7.81. The summed E-state index contributed by atoms with van der Waals surface area (Å²) >= 11 is 6.50. The van der Waals surface area contributed by atoms with Crippen LogP contribution < -0.4 is 10.8 Å². The maximum atomic E-state index is 6.50. The molecular formula is C18H27BClNO2. The third-order valence-corrected chi connectivity index (χ3v) is 5.85. The van der Waals surface area contributed by atoms with Gasteiger partial charge in [0.2, 0.25) is 0 Å². The molecule has 1 aliphatic heterocycles. The molecule has 3 nitrogen and oxygen atoms in total. The van der Waals surface area contributed by atoms with Crippen LogP contribution in [0.25, 0.3) is 0 Å². The maximum absolute atomic E-state index is 6.50. The van der Waals surface area contributed by atoms with Gasteiger partial charge >= 0.3 is 7.12 Å². The van der Waals surface area contributed by atoms with Gasteiger partial charge in [-0.1, -0.05) is 36.6 Å². The Morgan fingerprint density at radius 1 is 1.13 bits per heavy atom. The highest BCUT2D eigenvalue weighted by molar-refractivity contribution is 6.65. The van der Waals surface area contributed by atoms with Gasteiger partial charge in [-0.2, -0.15) is 0 Å². The maximum Gasteiger partial charge on any atom is 0.496 e. The molecule has 2 fully saturated rings. The van der Waals surface area contributed by atoms with Crippen LogP contribution in [-0.2, 0) is 15.9 Å². The molecular weight excluding hydrogens is 308 g/mol. The highest BCUT2D eigenvalue weighted by atomic mass is 35.5. The van der Waals surface area contributed by atoms with Gasteiger partial charge in [-0.05, 0) is 52.2 Å². The molecule has 0 aromatic heterocycles. The van der Waals surface area contributed by atoms with Crippen molar-refractivity contribution in [2.24, 2.45) is 0 Å². The molecule has 1 aliphatic carbocycles. The summed E-state index contributed by atoms with van der Waals surface area (Å²) in [5.41, 5.74) is 1.44. The fraction of sp³-hybridized carbons (Fsp3) is 0.667. The van der Waals surface area contributed by atoms with Crippen LogP contribution in [-0.4, -0.2) is 24.4 Å². The quantitative estimate of drug-likeness (QED) is 0.852. The zero-order chi connectivity index (χ0) is 16.7. The summed E-state index contributed by atoms with van der Waals surface area (Å²) in [5, 5.41) is 4.34. The van der Waals surface area contributed by atoms with E-state index in [-0.39, 0.29) is 11.2 Å². The van der Waals surface area contributed by atoms with Crippen molar-refractivity contribution in [2.45, 2.75) is 77.2 Å². The molecule has 0 unspecified atom stereocenters. The molecule has 3 rings (SSSR count). The van der Waals surface area contributed by atoms with Gasteiger partial charge in [-0.3, -0.25) is 0 Å². The van der Waals surface area contributed by atoms with Crippen LogP contribution in [0.5, 0.6) is 0 Å². The third kappa shape index (κ3) is 3.61. The molecule has 0 amide bonds. The Bertz CT molecular complexity index is 554. The second kappa shape index (κ2) is 6.40. The van der Waals surface area contributed by atoms with Crippen molar-refractivity contribution in [1.29, 1.82) is 0 Å². The van der Waals surface area contributed by atoms with E-state index in [1.54, 1.807) is 0 Å². The first-order chi connectivity index (χ1) is 10.8. The Labute approximate surface area is 145 Å². The van der Waals surface area contributed by atoms with E-state index in [4.69, 9.17) is 20.9 Å². The Morgan fingerprint density at radius 2 is 1.74 bits per heavy atom. The number of halogens is 1. The lowest BCUT2D eigenvalue weighted by molar-refractivity contribution is 0.00578. The number of nitrogens with one attached hydrogen (secondary N) is 1. The van der Waals surface area contributed by atoms with Gasteiger partial charge in [0, 0.05) is 23.1 Å². The molecule has 126 valence electrons. The Kier molecular flexibility index (Phi) is 4.81. The largest absolute Gasteiger partial charge is 0.496 e. The van der Waals surface area contributed by atoms with Crippen LogP contribution >= 0.6 is 11.6 Å². The number of hydrogen-bond acceptors (Lipinski definition) is 3. The van der Waals surface area contributed by atoms with Crippen molar-refractivity contribution >= 4 is 24.2 Å². The lowest BCUT2D eigenvalue weighted by Crippen LogP contribution is -2.41. The third-order valence-electron chi connectivity index (χ3n) is 5.52. The average Bonchev–Trinajstić information content (AvgIpc) is 3.03. The summed E-state index contributed by atoms with van der Waals surface area (Å²) in [5.74, 6) is 0. The number of rotatable bonds is 4. The van der Waals surface area contributed by atoms with E-state index in [2.05, 4.69) is 39.1 Å². The normalized spacial score (nSPS) is 23.6. The fourth-order valence-corrected chi connectivity index (χ4v) is 3.53. The van der Waals surface area contributed by atoms with Gasteiger partial charge in [0.05, 0.1) is 11.2 Å². The van der Waals surface area contributed by atoms with E-state index in [0.29, 0.717) is 11.1 Å². The van der Waals surface area contributed by atoms with Crippen molar-refractivity contribution in [3.63, 3.8) is 0 Å². The molecule has 0 atom stereocenters. The minimum absolute atomic E-state index is 0.344. The summed E-state index contributed by atoms with van der Waals surface area (Å²) in [6, 6.07) is 6.85. The molecule has 1 aromatic carbocycles. The van der Waals surface area contributed by atoms with E-state index < -0.39 is 7.12 Å². The van der Waals surface area contributed by atoms with Crippen LogP contribution in [0.4, 0.5) is 0 Å². The van der Waals surface area contributed by atoms with Crippen LogP contribution in [0.1, 0.15) is 58.9 Å². The predicted molar refractivity (Wildman–Crippen MR) is 96.3 cm³/mol. The molecule has 0 spiro atoms. The van der Waals surface area contributed by atoms with Crippen LogP contribution in [0.3, 0.4) is 0 Å². The predicted octanol–water partition coefficient (Wildman–Crippen LogP) is 3.67. The van der Waals surface area contributed by atoms with Gasteiger partial charge < -0.3 is 14.6 Å². The summed E-state index contributed by atoms with van der Waals surface area (Å²) in [7, 11) is -0.399. The summed E-state index contributed by atoms with van der Waals surface area (Å²) in [6.45, 7) is 9.09. The zero-order valence-corrected chi connectivity index (χ0v) is 15.4. The van der Waals surface area contributed by atoms with Crippen molar-refractivity contribution in [2.75, 3.05) is 0 Å². The molecule has 1 N–H and O–H groups in total. The Morgan fingerprint density at radius 3 is 2.30 bits per heavy atom. The van der Waals surface area contributed by atoms with E-state index in [1.807, 2.05) is 12.1 Å². The molecule has 1 heterocycles. The first kappa shape index (κ1) is 17.3. The van der Waals surface area contributed by atoms with Gasteiger partial charge in [0.15, 0.2) is 0 Å². The monoisotopic (exact) mass is 335 g/mol. The SMILES string of the molecule is CC1(C)OB(c2ccc(CNC3CCCC3)cc2Cl)OC1(C)C. The smallest absolute Gasteiger partial charge is 0.399 e. The molecule has 0 radical (unpaired) electrons. The highest BCUT2D eigenvalue weighted by Gasteiger charge is 2.52. The van der Waals surface area contributed by atoms with Crippen molar-refractivity contribution in [1.82, 2.24) is 5.32 Å². The topological polar surface area (TPSA) is 30.5 Å². The first-order valence-electron chi connectivity index (χ1n) is 8.66. The lowest BCUT2D eigenvalue weighted by atomic mass is 9.78. The first-order valence-corrected chi connectivity index (χ1v) is 9.04. The second-order valence-corrected chi connectivity index (χ2v) is 8.21. The molecule has 23 heavy (non-hydrogen) atoms. The lowest BCUT2D eigenvalue weighted by Gasteiger charge is -2.32. The molecule has 5 heteroatoms. The molecule has 1 aromatic rings. The van der Waals surface area contributed by atoms with E-state index in [1.165, 1.54) is 31.2 Å². The molecule has 1 saturated heterocycles. The van der Waals surface area contributed by atoms with Crippen molar-refractivity contribution < 1.29 is 9.31 Å². The summed E-state index contributed by atoms with van der Waals surface area (Å²) in [6.07, 6.45) is 5.28. The number of hydrogen-bond donors (Lipinski definition) is 1.